The normalized spacial score (nSPS) is 13.2. The average molecular weight is 425 g/mol. The van der Waals surface area contributed by atoms with Crippen LogP contribution in [0.15, 0.2) is 53.1 Å². The van der Waals surface area contributed by atoms with Crippen molar-refractivity contribution in [1.82, 2.24) is 10.1 Å². The van der Waals surface area contributed by atoms with Crippen LogP contribution in [0, 0.1) is 0 Å². The first-order chi connectivity index (χ1) is 14.6. The van der Waals surface area contributed by atoms with E-state index < -0.39 is 0 Å². The van der Waals surface area contributed by atoms with E-state index in [1.807, 2.05) is 41.3 Å². The van der Waals surface area contributed by atoms with Crippen LogP contribution in [0.2, 0.25) is 5.02 Å². The van der Waals surface area contributed by atoms with Gasteiger partial charge in [-0.25, -0.2) is 0 Å². The molecule has 0 bridgehead atoms. The third kappa shape index (κ3) is 4.68. The van der Waals surface area contributed by atoms with Gasteiger partial charge in [-0.2, -0.15) is 0 Å². The topological polar surface area (TPSA) is 55.6 Å². The highest BCUT2D eigenvalue weighted by Gasteiger charge is 2.27. The van der Waals surface area contributed by atoms with Gasteiger partial charge in [-0.15, -0.1) is 0 Å². The Hall–Kier alpha value is -2.79. The molecule has 1 amide bonds. The molecule has 4 rings (SSSR count). The molecule has 2 heterocycles. The van der Waals surface area contributed by atoms with Gasteiger partial charge in [0.1, 0.15) is 5.75 Å². The first-order valence-corrected chi connectivity index (χ1v) is 10.7. The van der Waals surface area contributed by atoms with Gasteiger partial charge in [0.05, 0.1) is 18.8 Å². The van der Waals surface area contributed by atoms with Crippen LogP contribution in [0.3, 0.4) is 0 Å². The smallest absolute Gasteiger partial charge is 0.223 e. The summed E-state index contributed by atoms with van der Waals surface area (Å²) in [5.41, 5.74) is 4.13. The van der Waals surface area contributed by atoms with E-state index in [2.05, 4.69) is 24.2 Å². The second-order valence-corrected chi connectivity index (χ2v) is 7.90. The monoisotopic (exact) mass is 424 g/mol. The van der Waals surface area contributed by atoms with E-state index in [-0.39, 0.29) is 5.91 Å². The molecule has 0 aliphatic carbocycles. The SMILES string of the molecule is CCc1ccc(OCCCC(=O)N2CCc3noc(-c4ccc(Cl)cc4)c3C2)cc1. The van der Waals surface area contributed by atoms with Crippen LogP contribution < -0.4 is 4.74 Å². The molecule has 0 saturated carbocycles. The van der Waals surface area contributed by atoms with Gasteiger partial charge in [0.25, 0.3) is 0 Å². The summed E-state index contributed by atoms with van der Waals surface area (Å²) < 4.78 is 11.4. The first kappa shape index (κ1) is 20.5. The van der Waals surface area contributed by atoms with Crippen molar-refractivity contribution < 1.29 is 14.1 Å². The van der Waals surface area contributed by atoms with Crippen LogP contribution in [0.25, 0.3) is 11.3 Å². The van der Waals surface area contributed by atoms with Crippen molar-refractivity contribution in [3.05, 3.63) is 70.4 Å². The number of benzene rings is 2. The Balaban J connectivity index is 1.31. The number of carbonyl (C=O) groups is 1. The summed E-state index contributed by atoms with van der Waals surface area (Å²) in [6.45, 7) is 3.84. The van der Waals surface area contributed by atoms with Gasteiger partial charge in [-0.05, 0) is 54.8 Å². The quantitative estimate of drug-likeness (QED) is 0.483. The lowest BCUT2D eigenvalue weighted by Gasteiger charge is -2.26. The molecule has 0 atom stereocenters. The van der Waals surface area contributed by atoms with E-state index in [0.717, 1.165) is 34.8 Å². The standard InChI is InChI=1S/C24H25ClN2O3/c1-2-17-5-11-20(12-6-17)29-15-3-4-23(28)27-14-13-22-21(16-27)24(30-26-22)18-7-9-19(25)10-8-18/h5-12H,2-4,13-16H2,1H3. The molecule has 2 aromatic carbocycles. The first-order valence-electron chi connectivity index (χ1n) is 10.4. The molecule has 1 aromatic heterocycles. The molecule has 6 heteroatoms. The summed E-state index contributed by atoms with van der Waals surface area (Å²) in [6.07, 6.45) is 2.87. The molecular weight excluding hydrogens is 400 g/mol. The molecule has 0 N–H and O–H groups in total. The molecule has 0 saturated heterocycles. The maximum atomic E-state index is 12.7. The molecule has 156 valence electrons. The maximum absolute atomic E-state index is 12.7. The Kier molecular flexibility index (Phi) is 6.38. The van der Waals surface area contributed by atoms with Gasteiger partial charge in [0.15, 0.2) is 5.76 Å². The summed E-state index contributed by atoms with van der Waals surface area (Å²) in [5.74, 6) is 1.70. The number of rotatable bonds is 7. The van der Waals surface area contributed by atoms with E-state index in [4.69, 9.17) is 20.9 Å². The fourth-order valence-electron chi connectivity index (χ4n) is 3.65. The molecule has 3 aromatic rings. The molecule has 0 fully saturated rings. The molecule has 30 heavy (non-hydrogen) atoms. The Labute approximate surface area is 181 Å². The number of amides is 1. The highest BCUT2D eigenvalue weighted by atomic mass is 35.5. The Morgan fingerprint density at radius 3 is 2.67 bits per heavy atom. The summed E-state index contributed by atoms with van der Waals surface area (Å²) in [7, 11) is 0. The van der Waals surface area contributed by atoms with Crippen molar-refractivity contribution in [2.45, 2.75) is 39.2 Å². The number of ether oxygens (including phenoxy) is 1. The minimum Gasteiger partial charge on any atom is -0.494 e. The minimum atomic E-state index is 0.133. The maximum Gasteiger partial charge on any atom is 0.223 e. The predicted molar refractivity (Wildman–Crippen MR) is 117 cm³/mol. The highest BCUT2D eigenvalue weighted by molar-refractivity contribution is 6.30. The fraction of sp³-hybridized carbons (Fsp3) is 0.333. The van der Waals surface area contributed by atoms with E-state index >= 15 is 0 Å². The second kappa shape index (κ2) is 9.35. The molecule has 5 nitrogen and oxygen atoms in total. The van der Waals surface area contributed by atoms with Crippen molar-refractivity contribution in [3.8, 4) is 17.1 Å². The van der Waals surface area contributed by atoms with Gasteiger partial charge in [-0.1, -0.05) is 35.8 Å². The fourth-order valence-corrected chi connectivity index (χ4v) is 3.77. The molecular formula is C24H25ClN2O3. The zero-order chi connectivity index (χ0) is 20.9. The van der Waals surface area contributed by atoms with Crippen molar-refractivity contribution in [1.29, 1.82) is 0 Å². The zero-order valence-corrected chi connectivity index (χ0v) is 17.8. The molecule has 1 aliphatic heterocycles. The number of halogens is 1. The summed E-state index contributed by atoms with van der Waals surface area (Å²) in [6, 6.07) is 15.6. The van der Waals surface area contributed by atoms with E-state index in [9.17, 15) is 4.79 Å². The lowest BCUT2D eigenvalue weighted by Crippen LogP contribution is -2.36. The molecule has 0 spiro atoms. The summed E-state index contributed by atoms with van der Waals surface area (Å²) >= 11 is 5.98. The van der Waals surface area contributed by atoms with Crippen molar-refractivity contribution in [2.24, 2.45) is 0 Å². The predicted octanol–water partition coefficient (Wildman–Crippen LogP) is 5.30. The van der Waals surface area contributed by atoms with E-state index in [1.165, 1.54) is 5.56 Å². The van der Waals surface area contributed by atoms with Crippen LogP contribution >= 0.6 is 11.6 Å². The van der Waals surface area contributed by atoms with Gasteiger partial charge >= 0.3 is 0 Å². The lowest BCUT2D eigenvalue weighted by atomic mass is 10.0. The van der Waals surface area contributed by atoms with Crippen LogP contribution in [-0.2, 0) is 24.2 Å². The van der Waals surface area contributed by atoms with E-state index in [1.54, 1.807) is 0 Å². The number of nitrogens with zero attached hydrogens (tertiary/aromatic N) is 2. The number of hydrogen-bond donors (Lipinski definition) is 0. The summed E-state index contributed by atoms with van der Waals surface area (Å²) in [4.78, 5) is 14.6. The average Bonchev–Trinajstić information content (AvgIpc) is 3.21. The van der Waals surface area contributed by atoms with Crippen LogP contribution in [0.4, 0.5) is 0 Å². The number of carbonyl (C=O) groups excluding carboxylic acids is 1. The third-order valence-corrected chi connectivity index (χ3v) is 5.68. The Morgan fingerprint density at radius 2 is 1.93 bits per heavy atom. The number of aryl methyl sites for hydroxylation is 1. The zero-order valence-electron chi connectivity index (χ0n) is 17.1. The van der Waals surface area contributed by atoms with Crippen LogP contribution in [-0.4, -0.2) is 29.1 Å². The largest absolute Gasteiger partial charge is 0.494 e. The van der Waals surface area contributed by atoms with Gasteiger partial charge in [0, 0.05) is 35.5 Å². The Bertz CT molecular complexity index is 996. The third-order valence-electron chi connectivity index (χ3n) is 5.43. The highest BCUT2D eigenvalue weighted by Crippen LogP contribution is 2.31. The summed E-state index contributed by atoms with van der Waals surface area (Å²) in [5, 5.41) is 4.88. The van der Waals surface area contributed by atoms with Crippen molar-refractivity contribution in [3.63, 3.8) is 0 Å². The second-order valence-electron chi connectivity index (χ2n) is 7.46. The molecule has 0 radical (unpaired) electrons. The van der Waals surface area contributed by atoms with Gasteiger partial charge in [-0.3, -0.25) is 4.79 Å². The Morgan fingerprint density at radius 1 is 1.17 bits per heavy atom. The van der Waals surface area contributed by atoms with Gasteiger partial charge < -0.3 is 14.2 Å². The van der Waals surface area contributed by atoms with Crippen molar-refractivity contribution >= 4 is 17.5 Å². The van der Waals surface area contributed by atoms with Crippen LogP contribution in [0.5, 0.6) is 5.75 Å². The number of fused-ring (bicyclic) bond motifs is 1. The lowest BCUT2D eigenvalue weighted by molar-refractivity contribution is -0.132. The number of aromatic nitrogens is 1. The van der Waals surface area contributed by atoms with Gasteiger partial charge in [0.2, 0.25) is 5.91 Å². The van der Waals surface area contributed by atoms with Crippen LogP contribution in [0.1, 0.15) is 36.6 Å². The minimum absolute atomic E-state index is 0.133. The number of hydrogen-bond acceptors (Lipinski definition) is 4. The molecule has 1 aliphatic rings. The molecule has 0 unspecified atom stereocenters. The van der Waals surface area contributed by atoms with Crippen molar-refractivity contribution in [2.75, 3.05) is 13.2 Å². The van der Waals surface area contributed by atoms with E-state index in [0.29, 0.717) is 44.0 Å².